The molecule has 0 unspecified atom stereocenters. The molecule has 0 radical (unpaired) electrons. The highest BCUT2D eigenvalue weighted by atomic mass is 127. The smallest absolute Gasteiger partial charge is 0.0478 e. The van der Waals surface area contributed by atoms with Crippen molar-refractivity contribution in [3.8, 4) is 0 Å². The third-order valence-electron chi connectivity index (χ3n) is 4.24. The van der Waals surface area contributed by atoms with E-state index in [0.717, 1.165) is 36.9 Å². The minimum Gasteiger partial charge on any atom is -0.398 e. The monoisotopic (exact) mass is 766 g/mol. The molecule has 3 N–H and O–H groups in total. The maximum absolute atomic E-state index is 5.83. The van der Waals surface area contributed by atoms with Crippen LogP contribution in [0.1, 0.15) is 11.1 Å². The lowest BCUT2D eigenvalue weighted by molar-refractivity contribution is 1.15. The van der Waals surface area contributed by atoms with Gasteiger partial charge in [0, 0.05) is 40.4 Å². The number of nitrogen functional groups attached to an aromatic ring is 1. The summed E-state index contributed by atoms with van der Waals surface area (Å²) >= 11 is 19.3. The molecule has 33 heavy (non-hydrogen) atoms. The average molecular weight is 768 g/mol. The van der Waals surface area contributed by atoms with Crippen molar-refractivity contribution in [2.24, 2.45) is 0 Å². The Kier molecular flexibility index (Phi) is 13.5. The van der Waals surface area contributed by atoms with Crippen LogP contribution >= 0.6 is 84.3 Å². The largest absolute Gasteiger partial charge is 0.398 e. The number of alkyl halides is 1. The van der Waals surface area contributed by atoms with Crippen LogP contribution in [-0.2, 0) is 11.9 Å². The number of hydrogen-bond acceptors (Lipinski definition) is 2. The van der Waals surface area contributed by atoms with Crippen LogP contribution in [0.15, 0.2) is 97.1 Å². The summed E-state index contributed by atoms with van der Waals surface area (Å²) in [5.74, 6) is 0. The van der Waals surface area contributed by atoms with Gasteiger partial charge in [-0.1, -0.05) is 87.7 Å². The van der Waals surface area contributed by atoms with Crippen LogP contribution in [0.4, 0.5) is 11.4 Å². The molecule has 172 valence electrons. The summed E-state index contributed by atoms with van der Waals surface area (Å²) in [5.41, 5.74) is 10.0. The summed E-state index contributed by atoms with van der Waals surface area (Å²) in [5, 5.41) is 5.86. The van der Waals surface area contributed by atoms with Crippen LogP contribution < -0.4 is 11.1 Å². The van der Waals surface area contributed by atoms with Crippen LogP contribution in [0.25, 0.3) is 0 Å². The third kappa shape index (κ3) is 11.3. The minimum atomic E-state index is 0.776. The van der Waals surface area contributed by atoms with Gasteiger partial charge in [-0.15, -0.1) is 0 Å². The van der Waals surface area contributed by atoms with Crippen LogP contribution in [0.5, 0.6) is 0 Å². The fourth-order valence-electron chi connectivity index (χ4n) is 2.45. The predicted molar refractivity (Wildman–Crippen MR) is 166 cm³/mol. The molecule has 7 heteroatoms. The number of benzene rings is 4. The predicted octanol–water partition coefficient (Wildman–Crippen LogP) is 9.66. The van der Waals surface area contributed by atoms with Crippen molar-refractivity contribution in [2.75, 3.05) is 11.1 Å². The Labute approximate surface area is 241 Å². The highest BCUT2D eigenvalue weighted by molar-refractivity contribution is 14.1. The molecule has 0 saturated heterocycles. The first-order chi connectivity index (χ1) is 15.9. The van der Waals surface area contributed by atoms with Crippen LogP contribution in [0.2, 0.25) is 10.0 Å². The van der Waals surface area contributed by atoms with E-state index in [-0.39, 0.29) is 0 Å². The summed E-state index contributed by atoms with van der Waals surface area (Å²) < 4.78 is 2.35. The second kappa shape index (κ2) is 15.8. The number of anilines is 2. The summed E-state index contributed by atoms with van der Waals surface area (Å²) in [4.78, 5) is 0. The van der Waals surface area contributed by atoms with Gasteiger partial charge in [0.25, 0.3) is 0 Å². The lowest BCUT2D eigenvalue weighted by atomic mass is 10.2. The minimum absolute atomic E-state index is 0.776. The first-order valence-electron chi connectivity index (χ1n) is 9.92. The zero-order valence-corrected chi connectivity index (χ0v) is 25.0. The second-order valence-corrected chi connectivity index (χ2v) is 10.5. The molecule has 4 aromatic rings. The van der Waals surface area contributed by atoms with Crippen molar-refractivity contribution in [3.63, 3.8) is 0 Å². The van der Waals surface area contributed by atoms with Crippen molar-refractivity contribution < 1.29 is 0 Å². The standard InChI is InChI=1S/C13H11ClIN.C7H6BrCl.C6H6IN/c14-11-7-5-10(6-8-11)9-16-13-4-2-1-3-12(13)15;8-5-6-1-3-7(9)4-2-6;7-5-3-1-2-4-6(5)8/h1-8,16H,9H2;1-4H,5H2;1-4H,8H2. The molecule has 0 spiro atoms. The Morgan fingerprint density at radius 2 is 1.15 bits per heavy atom. The molecule has 0 aliphatic carbocycles. The van der Waals surface area contributed by atoms with Gasteiger partial charge in [-0.2, -0.15) is 0 Å². The van der Waals surface area contributed by atoms with Gasteiger partial charge < -0.3 is 11.1 Å². The summed E-state index contributed by atoms with van der Waals surface area (Å²) in [7, 11) is 0. The Morgan fingerprint density at radius 3 is 1.61 bits per heavy atom. The first kappa shape index (κ1) is 28.2. The number of nitrogens with one attached hydrogen (secondary N) is 1. The van der Waals surface area contributed by atoms with Crippen LogP contribution in [0, 0.1) is 7.14 Å². The molecule has 4 aromatic carbocycles. The van der Waals surface area contributed by atoms with Gasteiger partial charge in [-0.25, -0.2) is 0 Å². The van der Waals surface area contributed by atoms with E-state index in [1.807, 2.05) is 84.9 Å². The molecule has 4 rings (SSSR count). The zero-order chi connectivity index (χ0) is 24.1. The quantitative estimate of drug-likeness (QED) is 0.123. The van der Waals surface area contributed by atoms with Gasteiger partial charge >= 0.3 is 0 Å². The number of nitrogens with two attached hydrogens (primary N) is 1. The Morgan fingerprint density at radius 1 is 0.667 bits per heavy atom. The summed E-state index contributed by atoms with van der Waals surface area (Å²) in [6, 6.07) is 31.7. The summed E-state index contributed by atoms with van der Waals surface area (Å²) in [6.45, 7) is 0.817. The van der Waals surface area contributed by atoms with E-state index >= 15 is 0 Å². The lowest BCUT2D eigenvalue weighted by Crippen LogP contribution is -2.00. The van der Waals surface area contributed by atoms with Crippen molar-refractivity contribution in [3.05, 3.63) is 125 Å². The normalized spacial score (nSPS) is 9.73. The Hall–Kier alpha value is -1.000. The maximum Gasteiger partial charge on any atom is 0.0478 e. The van der Waals surface area contributed by atoms with Gasteiger partial charge in [0.05, 0.1) is 0 Å². The number of rotatable bonds is 4. The maximum atomic E-state index is 5.83. The zero-order valence-electron chi connectivity index (χ0n) is 17.6. The average Bonchev–Trinajstić information content (AvgIpc) is 2.83. The van der Waals surface area contributed by atoms with E-state index in [1.165, 1.54) is 14.7 Å². The molecule has 2 nitrogen and oxygen atoms in total. The van der Waals surface area contributed by atoms with Gasteiger partial charge in [-0.05, 0) is 105 Å². The molecule has 0 saturated carbocycles. The van der Waals surface area contributed by atoms with E-state index in [4.69, 9.17) is 28.9 Å². The van der Waals surface area contributed by atoms with E-state index in [0.29, 0.717) is 0 Å². The van der Waals surface area contributed by atoms with Gasteiger partial charge in [0.1, 0.15) is 0 Å². The molecular weight excluding hydrogens is 745 g/mol. The van der Waals surface area contributed by atoms with Crippen molar-refractivity contribution >= 4 is 95.7 Å². The molecule has 0 aliphatic rings. The molecule has 0 heterocycles. The van der Waals surface area contributed by atoms with Gasteiger partial charge in [0.2, 0.25) is 0 Å². The lowest BCUT2D eigenvalue weighted by Gasteiger charge is -2.08. The van der Waals surface area contributed by atoms with E-state index in [1.54, 1.807) is 0 Å². The molecule has 0 aliphatic heterocycles. The molecule has 0 atom stereocenters. The fourth-order valence-corrected chi connectivity index (χ4v) is 4.04. The second-order valence-electron chi connectivity index (χ2n) is 6.74. The van der Waals surface area contributed by atoms with Gasteiger partial charge in [-0.3, -0.25) is 0 Å². The molecule has 0 fully saturated rings. The Bertz CT molecular complexity index is 1090. The van der Waals surface area contributed by atoms with Gasteiger partial charge in [0.15, 0.2) is 0 Å². The molecule has 0 amide bonds. The molecule has 0 bridgehead atoms. The Balaban J connectivity index is 0.000000192. The topological polar surface area (TPSA) is 38.0 Å². The van der Waals surface area contributed by atoms with Crippen LogP contribution in [0.3, 0.4) is 0 Å². The van der Waals surface area contributed by atoms with E-state index in [2.05, 4.69) is 78.6 Å². The van der Waals surface area contributed by atoms with Crippen molar-refractivity contribution in [1.29, 1.82) is 0 Å². The summed E-state index contributed by atoms with van der Waals surface area (Å²) in [6.07, 6.45) is 0. The number of hydrogen-bond donors (Lipinski definition) is 2. The third-order valence-corrected chi connectivity index (χ3v) is 7.32. The van der Waals surface area contributed by atoms with E-state index < -0.39 is 0 Å². The molecular formula is C26H23BrCl2I2N2. The fraction of sp³-hybridized carbons (Fsp3) is 0.0769. The number of para-hydroxylation sites is 2. The van der Waals surface area contributed by atoms with Crippen LogP contribution in [-0.4, -0.2) is 0 Å². The SMILES string of the molecule is Clc1ccc(CBr)cc1.Clc1ccc(CNc2ccccc2I)cc1.Nc1ccccc1I. The van der Waals surface area contributed by atoms with E-state index in [9.17, 15) is 0 Å². The highest BCUT2D eigenvalue weighted by Gasteiger charge is 1.98. The first-order valence-corrected chi connectivity index (χ1v) is 14.0. The number of halogens is 5. The highest BCUT2D eigenvalue weighted by Crippen LogP contribution is 2.18. The van der Waals surface area contributed by atoms with Crippen molar-refractivity contribution in [1.82, 2.24) is 0 Å². The molecule has 0 aromatic heterocycles. The van der Waals surface area contributed by atoms with Crippen molar-refractivity contribution in [2.45, 2.75) is 11.9 Å².